The average molecular weight is 383 g/mol. The molecule has 1 aliphatic heterocycles. The molecule has 4 nitrogen and oxygen atoms in total. The van der Waals surface area contributed by atoms with Crippen LogP contribution in [0.4, 0.5) is 0 Å². The molecule has 27 heavy (non-hydrogen) atoms. The molecule has 1 amide bonds. The largest absolute Gasteiger partial charge is 0.497 e. The molecule has 3 aromatic rings. The van der Waals surface area contributed by atoms with Crippen LogP contribution < -0.4 is 4.74 Å². The van der Waals surface area contributed by atoms with Crippen LogP contribution >= 0.6 is 11.3 Å². The van der Waals surface area contributed by atoms with Gasteiger partial charge in [0, 0.05) is 24.2 Å². The van der Waals surface area contributed by atoms with E-state index in [2.05, 4.69) is 30.1 Å². The van der Waals surface area contributed by atoms with Gasteiger partial charge in [-0.05, 0) is 67.6 Å². The lowest BCUT2D eigenvalue weighted by molar-refractivity contribution is 0.0739. The number of aromatic nitrogens is 1. The Morgan fingerprint density at radius 2 is 1.96 bits per heavy atom. The highest BCUT2D eigenvalue weighted by Gasteiger charge is 2.26. The maximum absolute atomic E-state index is 13.2. The summed E-state index contributed by atoms with van der Waals surface area (Å²) in [5, 5.41) is 1.13. The van der Waals surface area contributed by atoms with Gasteiger partial charge in [0.15, 0.2) is 0 Å². The summed E-state index contributed by atoms with van der Waals surface area (Å²) in [5.74, 6) is 0.991. The smallest absolute Gasteiger partial charge is 0.264 e. The van der Waals surface area contributed by atoms with Crippen molar-refractivity contribution < 1.29 is 9.53 Å². The highest BCUT2D eigenvalue weighted by molar-refractivity contribution is 7.20. The minimum atomic E-state index is 0. The molecule has 0 radical (unpaired) electrons. The second kappa shape index (κ2) is 7.31. The van der Waals surface area contributed by atoms with Crippen molar-refractivity contribution in [3.05, 3.63) is 57.1 Å². The number of thiophene rings is 1. The van der Waals surface area contributed by atoms with Gasteiger partial charge >= 0.3 is 0 Å². The summed E-state index contributed by atoms with van der Waals surface area (Å²) in [6.07, 6.45) is 0.860. The Kier molecular flexibility index (Phi) is 5.24. The topological polar surface area (TPSA) is 42.4 Å². The zero-order valence-electron chi connectivity index (χ0n) is 15.5. The van der Waals surface area contributed by atoms with Crippen molar-refractivity contribution in [2.45, 2.75) is 41.2 Å². The van der Waals surface area contributed by atoms with E-state index in [1.807, 2.05) is 24.8 Å². The van der Waals surface area contributed by atoms with E-state index in [1.54, 1.807) is 7.11 Å². The van der Waals surface area contributed by atoms with Crippen LogP contribution in [-0.4, -0.2) is 29.4 Å². The number of amides is 1. The van der Waals surface area contributed by atoms with E-state index in [9.17, 15) is 4.79 Å². The summed E-state index contributed by atoms with van der Waals surface area (Å²) in [5.41, 5.74) is 5.72. The van der Waals surface area contributed by atoms with Gasteiger partial charge in [-0.15, -0.1) is 11.3 Å². The molecule has 0 spiro atoms. The van der Waals surface area contributed by atoms with Gasteiger partial charge in [-0.3, -0.25) is 4.79 Å². The molecule has 0 saturated heterocycles. The number of hydrogen-bond acceptors (Lipinski definition) is 4. The van der Waals surface area contributed by atoms with Crippen LogP contribution in [0.15, 0.2) is 24.3 Å². The minimum Gasteiger partial charge on any atom is -0.497 e. The lowest BCUT2D eigenvalue weighted by atomic mass is 9.99. The number of methoxy groups -OCH3 is 1. The van der Waals surface area contributed by atoms with Crippen LogP contribution in [0.3, 0.4) is 0 Å². The van der Waals surface area contributed by atoms with Gasteiger partial charge < -0.3 is 9.64 Å². The molecule has 0 unspecified atom stereocenters. The quantitative estimate of drug-likeness (QED) is 0.622. The summed E-state index contributed by atoms with van der Waals surface area (Å²) in [6, 6.07) is 8.20. The van der Waals surface area contributed by atoms with Crippen LogP contribution in [0.5, 0.6) is 5.75 Å². The number of fused-ring (bicyclic) bond motifs is 2. The highest BCUT2D eigenvalue weighted by Crippen LogP contribution is 2.34. The van der Waals surface area contributed by atoms with Crippen LogP contribution in [0, 0.1) is 20.8 Å². The predicted octanol–water partition coefficient (Wildman–Crippen LogP) is 5.06. The molecular formula is C22H26N2O2S. The lowest BCUT2D eigenvalue weighted by Crippen LogP contribution is -2.35. The van der Waals surface area contributed by atoms with Crippen molar-refractivity contribution in [2.24, 2.45) is 0 Å². The van der Waals surface area contributed by atoms with Gasteiger partial charge in [0.2, 0.25) is 0 Å². The Bertz CT molecular complexity index is 1020. The fourth-order valence-corrected chi connectivity index (χ4v) is 5.07. The Hall–Kier alpha value is -2.40. The number of pyridine rings is 1. The van der Waals surface area contributed by atoms with E-state index in [4.69, 9.17) is 4.74 Å². The zero-order valence-corrected chi connectivity index (χ0v) is 16.4. The molecule has 0 bridgehead atoms. The van der Waals surface area contributed by atoms with Gasteiger partial charge in [-0.2, -0.15) is 0 Å². The fourth-order valence-electron chi connectivity index (χ4n) is 3.80. The number of ether oxygens (including phenoxy) is 1. The molecule has 5 heteroatoms. The first kappa shape index (κ1) is 19.4. The third-order valence-corrected chi connectivity index (χ3v) is 6.31. The molecule has 0 N–H and O–H groups in total. The van der Waals surface area contributed by atoms with Crippen LogP contribution in [0.1, 0.15) is 45.0 Å². The molecule has 4 rings (SSSR count). The predicted molar refractivity (Wildman–Crippen MR) is 112 cm³/mol. The Morgan fingerprint density at radius 3 is 2.70 bits per heavy atom. The van der Waals surface area contributed by atoms with E-state index >= 15 is 0 Å². The summed E-state index contributed by atoms with van der Waals surface area (Å²) in [4.78, 5) is 21.6. The Balaban J connectivity index is 0.00000210. The van der Waals surface area contributed by atoms with Crippen molar-refractivity contribution in [3.8, 4) is 5.75 Å². The van der Waals surface area contributed by atoms with Gasteiger partial charge in [0.25, 0.3) is 5.91 Å². The maximum Gasteiger partial charge on any atom is 0.264 e. The number of aryl methyl sites for hydroxylation is 3. The Morgan fingerprint density at radius 1 is 1.19 bits per heavy atom. The second-order valence-electron chi connectivity index (χ2n) is 6.93. The van der Waals surface area contributed by atoms with Crippen molar-refractivity contribution >= 4 is 27.5 Å². The van der Waals surface area contributed by atoms with Gasteiger partial charge in [-0.1, -0.05) is 13.5 Å². The van der Waals surface area contributed by atoms with Gasteiger partial charge in [0.05, 0.1) is 12.0 Å². The molecule has 0 aliphatic carbocycles. The molecule has 1 aromatic carbocycles. The first-order chi connectivity index (χ1) is 12.5. The molecule has 142 valence electrons. The SMILES string of the molecule is C.COc1ccc2c(c1)CCN(C(=O)c1sc3nc(C)cc(C)c3c1C)C2. The zero-order chi connectivity index (χ0) is 18.4. The van der Waals surface area contributed by atoms with Crippen LogP contribution in [0.25, 0.3) is 10.2 Å². The molecular weight excluding hydrogens is 356 g/mol. The number of rotatable bonds is 2. The van der Waals surface area contributed by atoms with Crippen molar-refractivity contribution in [2.75, 3.05) is 13.7 Å². The number of benzene rings is 1. The maximum atomic E-state index is 13.2. The van der Waals surface area contributed by atoms with Crippen molar-refractivity contribution in [1.29, 1.82) is 0 Å². The third-order valence-electron chi connectivity index (χ3n) is 5.13. The van der Waals surface area contributed by atoms with E-state index < -0.39 is 0 Å². The first-order valence-corrected chi connectivity index (χ1v) is 9.62. The standard InChI is InChI=1S/C21H22N2O2S.CH4/c1-12-9-13(2)22-20-18(12)14(3)19(26-20)21(24)23-8-7-15-10-17(25-4)6-5-16(15)11-23;/h5-6,9-10H,7-8,11H2,1-4H3;1H4. The van der Waals surface area contributed by atoms with Gasteiger partial charge in [0.1, 0.15) is 10.6 Å². The fraction of sp³-hybridized carbons (Fsp3) is 0.364. The number of nitrogens with zero attached hydrogens (tertiary/aromatic N) is 2. The second-order valence-corrected chi connectivity index (χ2v) is 7.93. The monoisotopic (exact) mass is 382 g/mol. The van der Waals surface area contributed by atoms with E-state index in [0.717, 1.165) is 45.1 Å². The molecule has 3 heterocycles. The minimum absolute atomic E-state index is 0. The van der Waals surface area contributed by atoms with E-state index in [-0.39, 0.29) is 13.3 Å². The van der Waals surface area contributed by atoms with Gasteiger partial charge in [-0.25, -0.2) is 4.98 Å². The summed E-state index contributed by atoms with van der Waals surface area (Å²) in [6.45, 7) is 7.52. The Labute approximate surface area is 164 Å². The average Bonchev–Trinajstić information content (AvgIpc) is 2.96. The third kappa shape index (κ3) is 3.32. The number of hydrogen-bond donors (Lipinski definition) is 0. The van der Waals surface area contributed by atoms with Crippen molar-refractivity contribution in [1.82, 2.24) is 9.88 Å². The lowest BCUT2D eigenvalue weighted by Gasteiger charge is -2.29. The van der Waals surface area contributed by atoms with Crippen LogP contribution in [0.2, 0.25) is 0 Å². The molecule has 1 aliphatic rings. The molecule has 2 aromatic heterocycles. The highest BCUT2D eigenvalue weighted by atomic mass is 32.1. The first-order valence-electron chi connectivity index (χ1n) is 8.80. The molecule has 0 fully saturated rings. The number of carbonyl (C=O) groups is 1. The summed E-state index contributed by atoms with van der Waals surface area (Å²) in [7, 11) is 1.68. The van der Waals surface area contributed by atoms with E-state index in [0.29, 0.717) is 6.54 Å². The number of carbonyl (C=O) groups excluding carboxylic acids is 1. The summed E-state index contributed by atoms with van der Waals surface area (Å²) < 4.78 is 5.31. The van der Waals surface area contributed by atoms with Crippen LogP contribution in [-0.2, 0) is 13.0 Å². The van der Waals surface area contributed by atoms with Crippen molar-refractivity contribution in [3.63, 3.8) is 0 Å². The normalized spacial score (nSPS) is 13.3. The molecule has 0 saturated carbocycles. The van der Waals surface area contributed by atoms with E-state index in [1.165, 1.54) is 28.0 Å². The molecule has 0 atom stereocenters. The summed E-state index contributed by atoms with van der Waals surface area (Å²) >= 11 is 1.52.